The summed E-state index contributed by atoms with van der Waals surface area (Å²) in [6, 6.07) is 0.762. The van der Waals surface area contributed by atoms with E-state index in [9.17, 15) is 4.79 Å². The van der Waals surface area contributed by atoms with Gasteiger partial charge in [0.1, 0.15) is 6.61 Å². The second kappa shape index (κ2) is 4.61. The smallest absolute Gasteiger partial charge is 0.249 e. The van der Waals surface area contributed by atoms with Gasteiger partial charge in [-0.1, -0.05) is 0 Å². The van der Waals surface area contributed by atoms with Crippen molar-refractivity contribution in [1.29, 1.82) is 0 Å². The molecule has 0 aromatic carbocycles. The summed E-state index contributed by atoms with van der Waals surface area (Å²) >= 11 is 0. The SMILES string of the molecule is COCC(=O)N1[C@H](C)CCC[C@@H]1C. The third-order valence-electron chi connectivity index (χ3n) is 2.75. The molecule has 1 rings (SSSR count). The molecule has 1 saturated heterocycles. The Morgan fingerprint density at radius 2 is 1.92 bits per heavy atom. The van der Waals surface area contributed by atoms with Crippen molar-refractivity contribution in [1.82, 2.24) is 4.90 Å². The molecule has 0 unspecified atom stereocenters. The van der Waals surface area contributed by atoms with Crippen molar-refractivity contribution in [2.24, 2.45) is 0 Å². The fourth-order valence-corrected chi connectivity index (χ4v) is 2.11. The van der Waals surface area contributed by atoms with E-state index in [4.69, 9.17) is 4.74 Å². The zero-order chi connectivity index (χ0) is 9.84. The summed E-state index contributed by atoms with van der Waals surface area (Å²) in [7, 11) is 1.57. The van der Waals surface area contributed by atoms with Gasteiger partial charge in [-0.15, -0.1) is 0 Å². The number of likely N-dealkylation sites (tertiary alicyclic amines) is 1. The van der Waals surface area contributed by atoms with Crippen molar-refractivity contribution in [3.8, 4) is 0 Å². The maximum absolute atomic E-state index is 11.6. The van der Waals surface area contributed by atoms with Gasteiger partial charge in [-0.05, 0) is 33.1 Å². The maximum atomic E-state index is 11.6. The van der Waals surface area contributed by atoms with Crippen LogP contribution in [-0.4, -0.2) is 36.6 Å². The van der Waals surface area contributed by atoms with Crippen molar-refractivity contribution in [2.45, 2.75) is 45.2 Å². The number of nitrogens with zero attached hydrogens (tertiary/aromatic N) is 1. The average molecular weight is 185 g/mol. The van der Waals surface area contributed by atoms with Crippen molar-refractivity contribution in [3.63, 3.8) is 0 Å². The van der Waals surface area contributed by atoms with E-state index in [1.54, 1.807) is 7.11 Å². The number of hydrogen-bond donors (Lipinski definition) is 0. The summed E-state index contributed by atoms with van der Waals surface area (Å²) in [5.74, 6) is 0.127. The Kier molecular flexibility index (Phi) is 3.72. The zero-order valence-corrected chi connectivity index (χ0v) is 8.75. The molecule has 3 nitrogen and oxygen atoms in total. The molecule has 0 radical (unpaired) electrons. The molecule has 1 amide bonds. The van der Waals surface area contributed by atoms with Gasteiger partial charge in [0, 0.05) is 19.2 Å². The van der Waals surface area contributed by atoms with Crippen LogP contribution < -0.4 is 0 Å². The number of carbonyl (C=O) groups is 1. The number of methoxy groups -OCH3 is 1. The minimum atomic E-state index is 0.127. The highest BCUT2D eigenvalue weighted by Crippen LogP contribution is 2.22. The van der Waals surface area contributed by atoms with Crippen LogP contribution in [0.1, 0.15) is 33.1 Å². The Morgan fingerprint density at radius 3 is 2.38 bits per heavy atom. The van der Waals surface area contributed by atoms with Crippen LogP contribution in [0.3, 0.4) is 0 Å². The molecule has 0 spiro atoms. The van der Waals surface area contributed by atoms with Gasteiger partial charge < -0.3 is 9.64 Å². The molecule has 1 aliphatic rings. The Morgan fingerprint density at radius 1 is 1.38 bits per heavy atom. The first-order chi connectivity index (χ1) is 6.16. The standard InChI is InChI=1S/C10H19NO2/c1-8-5-4-6-9(2)11(8)10(12)7-13-3/h8-9H,4-7H2,1-3H3/t8-,9+. The van der Waals surface area contributed by atoms with Gasteiger partial charge in [0.15, 0.2) is 0 Å². The molecule has 0 aromatic heterocycles. The van der Waals surface area contributed by atoms with Crippen LogP contribution in [-0.2, 0) is 9.53 Å². The van der Waals surface area contributed by atoms with Crippen LogP contribution in [0.5, 0.6) is 0 Å². The first kappa shape index (κ1) is 10.5. The summed E-state index contributed by atoms with van der Waals surface area (Å²) in [4.78, 5) is 13.6. The highest BCUT2D eigenvalue weighted by molar-refractivity contribution is 5.78. The minimum absolute atomic E-state index is 0.127. The van der Waals surface area contributed by atoms with Gasteiger partial charge in [-0.2, -0.15) is 0 Å². The van der Waals surface area contributed by atoms with Crippen molar-refractivity contribution >= 4 is 5.91 Å². The molecular formula is C10H19NO2. The lowest BCUT2D eigenvalue weighted by molar-refractivity contribution is -0.141. The van der Waals surface area contributed by atoms with Crippen LogP contribution in [0.4, 0.5) is 0 Å². The number of ether oxygens (including phenoxy) is 1. The molecule has 0 N–H and O–H groups in total. The van der Waals surface area contributed by atoms with E-state index < -0.39 is 0 Å². The van der Waals surface area contributed by atoms with Gasteiger partial charge >= 0.3 is 0 Å². The highest BCUT2D eigenvalue weighted by atomic mass is 16.5. The Hall–Kier alpha value is -0.570. The Labute approximate surface area is 80.1 Å². The van der Waals surface area contributed by atoms with Gasteiger partial charge in [0.2, 0.25) is 5.91 Å². The largest absolute Gasteiger partial charge is 0.375 e. The van der Waals surface area contributed by atoms with Gasteiger partial charge in [-0.3, -0.25) is 4.79 Å². The number of carbonyl (C=O) groups excluding carboxylic acids is 1. The van der Waals surface area contributed by atoms with Crippen molar-refractivity contribution in [2.75, 3.05) is 13.7 Å². The second-order valence-corrected chi connectivity index (χ2v) is 3.86. The summed E-state index contributed by atoms with van der Waals surface area (Å²) in [6.45, 7) is 4.45. The average Bonchev–Trinajstić information content (AvgIpc) is 2.04. The van der Waals surface area contributed by atoms with Gasteiger partial charge in [-0.25, -0.2) is 0 Å². The lowest BCUT2D eigenvalue weighted by atomic mass is 9.97. The van der Waals surface area contributed by atoms with Crippen LogP contribution in [0.15, 0.2) is 0 Å². The van der Waals surface area contributed by atoms with E-state index >= 15 is 0 Å². The maximum Gasteiger partial charge on any atom is 0.249 e. The lowest BCUT2D eigenvalue weighted by Gasteiger charge is -2.38. The number of amides is 1. The van der Waals surface area contributed by atoms with Gasteiger partial charge in [0.05, 0.1) is 0 Å². The summed E-state index contributed by atoms with van der Waals surface area (Å²) in [5, 5.41) is 0. The predicted molar refractivity (Wildman–Crippen MR) is 51.5 cm³/mol. The Bertz CT molecular complexity index is 172. The molecule has 1 heterocycles. The summed E-state index contributed by atoms with van der Waals surface area (Å²) in [5.41, 5.74) is 0. The third kappa shape index (κ3) is 2.44. The molecule has 1 aliphatic heterocycles. The van der Waals surface area contributed by atoms with Crippen LogP contribution >= 0.6 is 0 Å². The molecule has 0 aromatic rings. The molecule has 2 atom stereocenters. The Balaban J connectivity index is 2.57. The molecule has 13 heavy (non-hydrogen) atoms. The number of rotatable bonds is 2. The molecular weight excluding hydrogens is 166 g/mol. The summed E-state index contributed by atoms with van der Waals surface area (Å²) < 4.78 is 4.86. The first-order valence-corrected chi connectivity index (χ1v) is 4.97. The van der Waals surface area contributed by atoms with Crippen molar-refractivity contribution in [3.05, 3.63) is 0 Å². The number of hydrogen-bond acceptors (Lipinski definition) is 2. The highest BCUT2D eigenvalue weighted by Gasteiger charge is 2.28. The van der Waals surface area contributed by atoms with Crippen molar-refractivity contribution < 1.29 is 9.53 Å². The van der Waals surface area contributed by atoms with Crippen LogP contribution in [0, 0.1) is 0 Å². The second-order valence-electron chi connectivity index (χ2n) is 3.86. The van der Waals surface area contributed by atoms with Crippen LogP contribution in [0.25, 0.3) is 0 Å². The van der Waals surface area contributed by atoms with E-state index in [2.05, 4.69) is 13.8 Å². The summed E-state index contributed by atoms with van der Waals surface area (Å²) in [6.07, 6.45) is 3.48. The van der Waals surface area contributed by atoms with E-state index in [1.807, 2.05) is 4.90 Å². The third-order valence-corrected chi connectivity index (χ3v) is 2.75. The predicted octanol–water partition coefficient (Wildman–Crippen LogP) is 1.42. The fraction of sp³-hybridized carbons (Fsp3) is 0.900. The molecule has 0 bridgehead atoms. The molecule has 1 fully saturated rings. The quantitative estimate of drug-likeness (QED) is 0.651. The van der Waals surface area contributed by atoms with Gasteiger partial charge in [0.25, 0.3) is 0 Å². The molecule has 3 heteroatoms. The monoisotopic (exact) mass is 185 g/mol. The molecule has 0 aliphatic carbocycles. The van der Waals surface area contributed by atoms with E-state index in [0.29, 0.717) is 12.1 Å². The fourth-order valence-electron chi connectivity index (χ4n) is 2.11. The van der Waals surface area contributed by atoms with E-state index in [0.717, 1.165) is 12.8 Å². The normalized spacial score (nSPS) is 29.0. The first-order valence-electron chi connectivity index (χ1n) is 4.97. The molecule has 0 saturated carbocycles. The van der Waals surface area contributed by atoms with E-state index in [1.165, 1.54) is 6.42 Å². The number of piperidine rings is 1. The minimum Gasteiger partial charge on any atom is -0.375 e. The topological polar surface area (TPSA) is 29.5 Å². The molecule has 76 valence electrons. The van der Waals surface area contributed by atoms with Crippen LogP contribution in [0.2, 0.25) is 0 Å². The lowest BCUT2D eigenvalue weighted by Crippen LogP contribution is -2.48. The van der Waals surface area contributed by atoms with E-state index in [-0.39, 0.29) is 12.5 Å². The zero-order valence-electron chi connectivity index (χ0n) is 8.75.